The number of carbonyl (C=O) groups excluding carboxylic acids is 2. The second-order valence-corrected chi connectivity index (χ2v) is 7.25. The second kappa shape index (κ2) is 7.64. The lowest BCUT2D eigenvalue weighted by atomic mass is 10.0. The first-order valence-corrected chi connectivity index (χ1v) is 9.43. The molecule has 1 fully saturated rings. The molecule has 0 saturated carbocycles. The molecule has 0 bridgehead atoms. The van der Waals surface area contributed by atoms with Gasteiger partial charge in [0.1, 0.15) is 11.4 Å². The van der Waals surface area contributed by atoms with E-state index in [1.165, 1.54) is 12.1 Å². The molecular formula is C21H18ClFN2O3. The summed E-state index contributed by atoms with van der Waals surface area (Å²) in [6, 6.07) is 12.7. The fourth-order valence-corrected chi connectivity index (χ4v) is 3.60. The monoisotopic (exact) mass is 400 g/mol. The number of nitrogens with one attached hydrogen (secondary N) is 1. The zero-order chi connectivity index (χ0) is 19.7. The van der Waals surface area contributed by atoms with E-state index in [2.05, 4.69) is 5.32 Å². The number of likely N-dealkylation sites (tertiary alicyclic amines) is 1. The average Bonchev–Trinajstić information content (AvgIpc) is 3.12. The molecule has 0 radical (unpaired) electrons. The van der Waals surface area contributed by atoms with Gasteiger partial charge in [0.05, 0.1) is 5.56 Å². The summed E-state index contributed by atoms with van der Waals surface area (Å²) in [6.45, 7) is 0.904. The molecule has 0 unspecified atom stereocenters. The van der Waals surface area contributed by atoms with Gasteiger partial charge in [-0.05, 0) is 49.2 Å². The van der Waals surface area contributed by atoms with Crippen molar-refractivity contribution in [2.24, 2.45) is 0 Å². The number of amides is 2. The van der Waals surface area contributed by atoms with Crippen LogP contribution in [0.3, 0.4) is 0 Å². The van der Waals surface area contributed by atoms with Gasteiger partial charge in [0.2, 0.25) is 0 Å². The Labute approximate surface area is 166 Å². The number of hydrogen-bond acceptors (Lipinski definition) is 3. The van der Waals surface area contributed by atoms with Crippen LogP contribution in [0.1, 0.15) is 33.8 Å². The highest BCUT2D eigenvalue weighted by Gasteiger charge is 2.26. The second-order valence-electron chi connectivity index (χ2n) is 6.81. The average molecular weight is 401 g/mol. The number of rotatable bonds is 3. The molecule has 1 saturated heterocycles. The number of hydrogen-bond donors (Lipinski definition) is 1. The van der Waals surface area contributed by atoms with Crippen molar-refractivity contribution in [3.63, 3.8) is 0 Å². The van der Waals surface area contributed by atoms with Gasteiger partial charge in [0, 0.05) is 29.5 Å². The van der Waals surface area contributed by atoms with Crippen LogP contribution in [0.25, 0.3) is 11.0 Å². The number of furan rings is 1. The van der Waals surface area contributed by atoms with Crippen molar-refractivity contribution in [2.75, 3.05) is 13.1 Å². The van der Waals surface area contributed by atoms with E-state index >= 15 is 0 Å². The number of fused-ring (bicyclic) bond motifs is 1. The van der Waals surface area contributed by atoms with Crippen LogP contribution in [-0.2, 0) is 0 Å². The first kappa shape index (κ1) is 18.5. The molecule has 1 N–H and O–H groups in total. The Balaban J connectivity index is 1.36. The van der Waals surface area contributed by atoms with E-state index in [0.717, 1.165) is 5.39 Å². The number of nitrogens with zero attached hydrogens (tertiary/aromatic N) is 1. The highest BCUT2D eigenvalue weighted by Crippen LogP contribution is 2.23. The molecule has 0 atom stereocenters. The van der Waals surface area contributed by atoms with Crippen molar-refractivity contribution in [3.8, 4) is 0 Å². The van der Waals surface area contributed by atoms with Crippen LogP contribution in [0, 0.1) is 5.82 Å². The van der Waals surface area contributed by atoms with E-state index in [9.17, 15) is 14.0 Å². The lowest BCUT2D eigenvalue weighted by molar-refractivity contribution is 0.0691. The fourth-order valence-electron chi connectivity index (χ4n) is 3.41. The fraction of sp³-hybridized carbons (Fsp3) is 0.238. The normalized spacial score (nSPS) is 15.0. The summed E-state index contributed by atoms with van der Waals surface area (Å²) in [5.41, 5.74) is 0.672. The molecule has 7 heteroatoms. The Hall–Kier alpha value is -2.86. The minimum Gasteiger partial charge on any atom is -0.451 e. The molecule has 0 spiro atoms. The summed E-state index contributed by atoms with van der Waals surface area (Å²) in [6.07, 6.45) is 1.19. The summed E-state index contributed by atoms with van der Waals surface area (Å²) in [5, 5.41) is 4.29. The van der Waals surface area contributed by atoms with Gasteiger partial charge in [-0.25, -0.2) is 4.39 Å². The number of carbonyl (C=O) groups is 2. The van der Waals surface area contributed by atoms with E-state index in [4.69, 9.17) is 16.0 Å². The van der Waals surface area contributed by atoms with Gasteiger partial charge >= 0.3 is 0 Å². The molecule has 144 valence electrons. The number of piperidine rings is 1. The molecule has 28 heavy (non-hydrogen) atoms. The molecule has 1 aliphatic rings. The minimum absolute atomic E-state index is 0.0749. The SMILES string of the molecule is O=C(NC1CCN(C(=O)c2ccccc2F)CC1)c1cc2cc(Cl)ccc2o1. The van der Waals surface area contributed by atoms with Crippen molar-refractivity contribution in [1.82, 2.24) is 10.2 Å². The summed E-state index contributed by atoms with van der Waals surface area (Å²) >= 11 is 5.96. The summed E-state index contributed by atoms with van der Waals surface area (Å²) in [7, 11) is 0. The topological polar surface area (TPSA) is 62.6 Å². The molecule has 2 amide bonds. The quantitative estimate of drug-likeness (QED) is 0.714. The molecule has 3 aromatic rings. The van der Waals surface area contributed by atoms with Gasteiger partial charge in [-0.15, -0.1) is 0 Å². The lowest BCUT2D eigenvalue weighted by Crippen LogP contribution is -2.46. The van der Waals surface area contributed by atoms with Crippen LogP contribution >= 0.6 is 11.6 Å². The Bertz CT molecular complexity index is 1040. The third kappa shape index (κ3) is 3.73. The van der Waals surface area contributed by atoms with Crippen LogP contribution in [0.15, 0.2) is 52.9 Å². The van der Waals surface area contributed by atoms with Gasteiger partial charge in [0.25, 0.3) is 11.8 Å². The Kier molecular flexibility index (Phi) is 5.05. The molecule has 1 aromatic heterocycles. The van der Waals surface area contributed by atoms with Crippen molar-refractivity contribution >= 4 is 34.4 Å². The largest absolute Gasteiger partial charge is 0.451 e. The van der Waals surface area contributed by atoms with Crippen molar-refractivity contribution in [2.45, 2.75) is 18.9 Å². The van der Waals surface area contributed by atoms with E-state index in [1.54, 1.807) is 41.3 Å². The molecule has 5 nitrogen and oxygen atoms in total. The highest BCUT2D eigenvalue weighted by molar-refractivity contribution is 6.31. The third-order valence-corrected chi connectivity index (χ3v) is 5.16. The van der Waals surface area contributed by atoms with Crippen LogP contribution < -0.4 is 5.32 Å². The predicted octanol–water partition coefficient (Wildman–Crippen LogP) is 4.26. The van der Waals surface area contributed by atoms with Crippen LogP contribution in [0.4, 0.5) is 4.39 Å². The maximum atomic E-state index is 13.8. The van der Waals surface area contributed by atoms with Gasteiger partial charge < -0.3 is 14.6 Å². The summed E-state index contributed by atoms with van der Waals surface area (Å²) in [5.74, 6) is -0.918. The molecule has 2 heterocycles. The standard InChI is InChI=1S/C21H18ClFN2O3/c22-14-5-6-18-13(11-14)12-19(28-18)20(26)24-15-7-9-25(10-8-15)21(27)16-3-1-2-4-17(16)23/h1-6,11-12,15H,7-10H2,(H,24,26). The Morgan fingerprint density at radius 1 is 1.11 bits per heavy atom. The van der Waals surface area contributed by atoms with Gasteiger partial charge in [-0.1, -0.05) is 23.7 Å². The number of benzene rings is 2. The third-order valence-electron chi connectivity index (χ3n) is 4.92. The molecule has 1 aliphatic heterocycles. The maximum absolute atomic E-state index is 13.8. The summed E-state index contributed by atoms with van der Waals surface area (Å²) in [4.78, 5) is 26.6. The lowest BCUT2D eigenvalue weighted by Gasteiger charge is -2.32. The van der Waals surface area contributed by atoms with Crippen molar-refractivity contribution in [1.29, 1.82) is 0 Å². The number of halogens is 2. The molecule has 2 aromatic carbocycles. The van der Waals surface area contributed by atoms with Crippen molar-refractivity contribution in [3.05, 3.63) is 70.7 Å². The zero-order valence-electron chi connectivity index (χ0n) is 15.0. The van der Waals surface area contributed by atoms with E-state index in [0.29, 0.717) is 36.5 Å². The minimum atomic E-state index is -0.520. The van der Waals surface area contributed by atoms with E-state index in [-0.39, 0.29) is 29.2 Å². The first-order valence-electron chi connectivity index (χ1n) is 9.05. The molecule has 4 rings (SSSR count). The van der Waals surface area contributed by atoms with Gasteiger partial charge in [-0.2, -0.15) is 0 Å². The summed E-state index contributed by atoms with van der Waals surface area (Å²) < 4.78 is 19.4. The first-order chi connectivity index (χ1) is 13.5. The van der Waals surface area contributed by atoms with Crippen molar-refractivity contribution < 1.29 is 18.4 Å². The molecule has 0 aliphatic carbocycles. The highest BCUT2D eigenvalue weighted by atomic mass is 35.5. The van der Waals surface area contributed by atoms with Gasteiger partial charge in [0.15, 0.2) is 5.76 Å². The van der Waals surface area contributed by atoms with Crippen LogP contribution in [0.2, 0.25) is 5.02 Å². The Morgan fingerprint density at radius 3 is 2.61 bits per heavy atom. The van der Waals surface area contributed by atoms with Crippen LogP contribution in [-0.4, -0.2) is 35.8 Å². The van der Waals surface area contributed by atoms with E-state index < -0.39 is 5.82 Å². The zero-order valence-corrected chi connectivity index (χ0v) is 15.7. The Morgan fingerprint density at radius 2 is 1.86 bits per heavy atom. The smallest absolute Gasteiger partial charge is 0.287 e. The van der Waals surface area contributed by atoms with Gasteiger partial charge in [-0.3, -0.25) is 9.59 Å². The molecular weight excluding hydrogens is 383 g/mol. The van der Waals surface area contributed by atoms with E-state index in [1.807, 2.05) is 0 Å². The van der Waals surface area contributed by atoms with Crippen LogP contribution in [0.5, 0.6) is 0 Å². The predicted molar refractivity (Wildman–Crippen MR) is 104 cm³/mol. The maximum Gasteiger partial charge on any atom is 0.287 e.